The summed E-state index contributed by atoms with van der Waals surface area (Å²) >= 11 is 0. The van der Waals surface area contributed by atoms with Gasteiger partial charge in [0.25, 0.3) is 5.69 Å². The first-order chi connectivity index (χ1) is 8.85. The molecule has 1 aliphatic carbocycles. The molecule has 0 heterocycles. The van der Waals surface area contributed by atoms with Crippen LogP contribution in [-0.2, 0) is 4.79 Å². The molecule has 8 nitrogen and oxygen atoms in total. The molecule has 1 amide bonds. The number of nitro benzene ring substituents is 1. The van der Waals surface area contributed by atoms with Crippen LogP contribution < -0.4 is 11.1 Å². The third kappa shape index (κ3) is 2.32. The standard InChI is InChI=1S/C11H11N3O5/c12-9(15)6-1-2-8(14(18)19)7(5-6)13-11(3-4-11)10(16)17/h1-2,5,13H,3-4H2,(H2,12,15)(H,16,17). The molecule has 8 heteroatoms. The minimum atomic E-state index is -1.18. The Kier molecular flexibility index (Phi) is 2.85. The van der Waals surface area contributed by atoms with Crippen LogP contribution in [0.15, 0.2) is 18.2 Å². The molecular formula is C11H11N3O5. The van der Waals surface area contributed by atoms with Crippen molar-refractivity contribution in [2.45, 2.75) is 18.4 Å². The second-order valence-electron chi connectivity index (χ2n) is 4.37. The summed E-state index contributed by atoms with van der Waals surface area (Å²) < 4.78 is 0. The van der Waals surface area contributed by atoms with E-state index in [2.05, 4.69) is 5.32 Å². The highest BCUT2D eigenvalue weighted by atomic mass is 16.6. The first-order valence-electron chi connectivity index (χ1n) is 5.45. The maximum absolute atomic E-state index is 11.1. The summed E-state index contributed by atoms with van der Waals surface area (Å²) in [4.78, 5) is 32.4. The Morgan fingerprint density at radius 2 is 2.05 bits per heavy atom. The molecule has 1 aromatic rings. The predicted molar refractivity (Wildman–Crippen MR) is 64.8 cm³/mol. The fourth-order valence-electron chi connectivity index (χ4n) is 1.72. The van der Waals surface area contributed by atoms with Crippen LogP contribution in [0.4, 0.5) is 11.4 Å². The summed E-state index contributed by atoms with van der Waals surface area (Å²) in [7, 11) is 0. The number of carboxylic acid groups (broad SMARTS) is 1. The Morgan fingerprint density at radius 1 is 1.42 bits per heavy atom. The van der Waals surface area contributed by atoms with Crippen molar-refractivity contribution >= 4 is 23.3 Å². The van der Waals surface area contributed by atoms with Gasteiger partial charge in [-0.25, -0.2) is 4.79 Å². The predicted octanol–water partition coefficient (Wildman–Crippen LogP) is 0.723. The molecule has 0 aromatic heterocycles. The number of nitrogens with two attached hydrogens (primary N) is 1. The lowest BCUT2D eigenvalue weighted by molar-refractivity contribution is -0.384. The molecular weight excluding hydrogens is 254 g/mol. The number of amides is 1. The molecule has 1 saturated carbocycles. The number of carbonyl (C=O) groups excluding carboxylic acids is 1. The number of anilines is 1. The van der Waals surface area contributed by atoms with E-state index in [0.29, 0.717) is 12.8 Å². The van der Waals surface area contributed by atoms with Crippen molar-refractivity contribution in [1.82, 2.24) is 0 Å². The van der Waals surface area contributed by atoms with Crippen LogP contribution in [0.25, 0.3) is 0 Å². The van der Waals surface area contributed by atoms with Gasteiger partial charge in [-0.3, -0.25) is 14.9 Å². The molecule has 4 N–H and O–H groups in total. The van der Waals surface area contributed by atoms with Gasteiger partial charge in [-0.15, -0.1) is 0 Å². The smallest absolute Gasteiger partial charge is 0.329 e. The monoisotopic (exact) mass is 265 g/mol. The summed E-state index contributed by atoms with van der Waals surface area (Å²) in [5, 5.41) is 22.6. The summed E-state index contributed by atoms with van der Waals surface area (Å²) in [5.74, 6) is -1.82. The highest BCUT2D eigenvalue weighted by Gasteiger charge is 2.51. The van der Waals surface area contributed by atoms with Crippen molar-refractivity contribution < 1.29 is 19.6 Å². The van der Waals surface area contributed by atoms with Gasteiger partial charge < -0.3 is 16.2 Å². The summed E-state index contributed by atoms with van der Waals surface area (Å²) in [6, 6.07) is 3.55. The first kappa shape index (κ1) is 12.8. The quantitative estimate of drug-likeness (QED) is 0.530. The number of rotatable bonds is 5. The molecule has 0 radical (unpaired) electrons. The van der Waals surface area contributed by atoms with E-state index in [9.17, 15) is 19.7 Å². The molecule has 0 unspecified atom stereocenters. The maximum atomic E-state index is 11.1. The number of hydrogen-bond donors (Lipinski definition) is 3. The fraction of sp³-hybridized carbons (Fsp3) is 0.273. The van der Waals surface area contributed by atoms with Crippen molar-refractivity contribution in [2.75, 3.05) is 5.32 Å². The van der Waals surface area contributed by atoms with Crippen molar-refractivity contribution in [3.8, 4) is 0 Å². The number of carboxylic acids is 1. The highest BCUT2D eigenvalue weighted by Crippen LogP contribution is 2.41. The Morgan fingerprint density at radius 3 is 2.47 bits per heavy atom. The molecule has 0 bridgehead atoms. The van der Waals surface area contributed by atoms with E-state index in [1.165, 1.54) is 12.1 Å². The lowest BCUT2D eigenvalue weighted by Crippen LogP contribution is -2.31. The van der Waals surface area contributed by atoms with Gasteiger partial charge in [0, 0.05) is 11.6 Å². The summed E-state index contributed by atoms with van der Waals surface area (Å²) in [6.45, 7) is 0. The molecule has 0 aliphatic heterocycles. The van der Waals surface area contributed by atoms with E-state index in [1.807, 2.05) is 0 Å². The van der Waals surface area contributed by atoms with Gasteiger partial charge in [-0.2, -0.15) is 0 Å². The van der Waals surface area contributed by atoms with Crippen LogP contribution in [0.5, 0.6) is 0 Å². The number of nitro groups is 1. The largest absolute Gasteiger partial charge is 0.480 e. The number of benzene rings is 1. The summed E-state index contributed by atoms with van der Waals surface area (Å²) in [6.07, 6.45) is 0.751. The van der Waals surface area contributed by atoms with Gasteiger partial charge in [0.1, 0.15) is 11.2 Å². The molecule has 0 atom stereocenters. The Balaban J connectivity index is 2.41. The molecule has 1 aromatic carbocycles. The number of aliphatic carboxylic acids is 1. The van der Waals surface area contributed by atoms with Crippen molar-refractivity contribution in [3.05, 3.63) is 33.9 Å². The summed E-state index contributed by atoms with van der Waals surface area (Å²) in [5.41, 5.74) is 3.69. The van der Waals surface area contributed by atoms with E-state index in [1.54, 1.807) is 0 Å². The number of primary amides is 1. The Bertz CT molecular complexity index is 580. The first-order valence-corrected chi connectivity index (χ1v) is 5.45. The van der Waals surface area contributed by atoms with Crippen molar-refractivity contribution in [2.24, 2.45) is 5.73 Å². The minimum Gasteiger partial charge on any atom is -0.480 e. The van der Waals surface area contributed by atoms with E-state index in [4.69, 9.17) is 10.8 Å². The number of carbonyl (C=O) groups is 2. The van der Waals surface area contributed by atoms with Gasteiger partial charge >= 0.3 is 5.97 Å². The number of nitrogens with zero attached hydrogens (tertiary/aromatic N) is 1. The van der Waals surface area contributed by atoms with Gasteiger partial charge in [0.15, 0.2) is 0 Å². The van der Waals surface area contributed by atoms with Gasteiger partial charge in [0.05, 0.1) is 4.92 Å². The topological polar surface area (TPSA) is 136 Å². The maximum Gasteiger partial charge on any atom is 0.329 e. The molecule has 1 fully saturated rings. The van der Waals surface area contributed by atoms with Crippen LogP contribution >= 0.6 is 0 Å². The second kappa shape index (κ2) is 4.23. The van der Waals surface area contributed by atoms with E-state index < -0.39 is 22.3 Å². The van der Waals surface area contributed by atoms with E-state index in [0.717, 1.165) is 6.07 Å². The Hall–Kier alpha value is -2.64. The van der Waals surface area contributed by atoms with Gasteiger partial charge in [0.2, 0.25) is 5.91 Å². The fourth-order valence-corrected chi connectivity index (χ4v) is 1.72. The average Bonchev–Trinajstić information content (AvgIpc) is 3.09. The van der Waals surface area contributed by atoms with Crippen LogP contribution in [0, 0.1) is 10.1 Å². The molecule has 19 heavy (non-hydrogen) atoms. The van der Waals surface area contributed by atoms with Gasteiger partial charge in [-0.05, 0) is 25.0 Å². The highest BCUT2D eigenvalue weighted by molar-refractivity contribution is 5.95. The molecule has 100 valence electrons. The number of nitrogens with one attached hydrogen (secondary N) is 1. The van der Waals surface area contributed by atoms with Crippen LogP contribution in [0.2, 0.25) is 0 Å². The van der Waals surface area contributed by atoms with Crippen molar-refractivity contribution in [3.63, 3.8) is 0 Å². The van der Waals surface area contributed by atoms with Crippen LogP contribution in [-0.4, -0.2) is 27.4 Å². The van der Waals surface area contributed by atoms with E-state index in [-0.39, 0.29) is 16.9 Å². The Labute approximate surface area is 107 Å². The van der Waals surface area contributed by atoms with Crippen LogP contribution in [0.1, 0.15) is 23.2 Å². The zero-order valence-corrected chi connectivity index (χ0v) is 9.75. The van der Waals surface area contributed by atoms with E-state index >= 15 is 0 Å². The average molecular weight is 265 g/mol. The van der Waals surface area contributed by atoms with Crippen molar-refractivity contribution in [1.29, 1.82) is 0 Å². The third-order valence-electron chi connectivity index (χ3n) is 3.01. The zero-order valence-electron chi connectivity index (χ0n) is 9.75. The molecule has 0 spiro atoms. The van der Waals surface area contributed by atoms with Crippen LogP contribution in [0.3, 0.4) is 0 Å². The van der Waals surface area contributed by atoms with Gasteiger partial charge in [-0.1, -0.05) is 0 Å². The second-order valence-corrected chi connectivity index (χ2v) is 4.37. The minimum absolute atomic E-state index is 0.0128. The number of hydrogen-bond acceptors (Lipinski definition) is 5. The molecule has 1 aliphatic rings. The third-order valence-corrected chi connectivity index (χ3v) is 3.01. The lowest BCUT2D eigenvalue weighted by atomic mass is 10.1. The SMILES string of the molecule is NC(=O)c1ccc([N+](=O)[O-])c(NC2(C(=O)O)CC2)c1. The normalized spacial score (nSPS) is 15.6. The lowest BCUT2D eigenvalue weighted by Gasteiger charge is -2.14. The molecule has 0 saturated heterocycles. The zero-order chi connectivity index (χ0) is 14.2. The molecule has 2 rings (SSSR count).